The van der Waals surface area contributed by atoms with Gasteiger partial charge in [0.1, 0.15) is 23.6 Å². The zero-order valence-corrected chi connectivity index (χ0v) is 13.1. The monoisotopic (exact) mass is 320 g/mol. The van der Waals surface area contributed by atoms with Gasteiger partial charge in [-0.15, -0.1) is 0 Å². The van der Waals surface area contributed by atoms with Crippen molar-refractivity contribution in [2.75, 3.05) is 24.3 Å². The standard InChI is InChI=1S/C15H17ClN4O2/c1-3-6-17-14-8-12(18-9-19-14)15(21)20-11-7-10(16)4-5-13(11)22-2/h4-5,7-9H,3,6H2,1-2H3,(H,20,21)(H,17,18,19). The molecule has 0 aliphatic heterocycles. The van der Waals surface area contributed by atoms with Crippen LogP contribution in [0, 0.1) is 0 Å². The van der Waals surface area contributed by atoms with Crippen molar-refractivity contribution in [2.24, 2.45) is 0 Å². The van der Waals surface area contributed by atoms with Crippen molar-refractivity contribution in [3.05, 3.63) is 41.3 Å². The van der Waals surface area contributed by atoms with Crippen LogP contribution in [0.3, 0.4) is 0 Å². The van der Waals surface area contributed by atoms with Crippen LogP contribution in [0.2, 0.25) is 5.02 Å². The molecule has 0 aliphatic carbocycles. The molecule has 1 heterocycles. The normalized spacial score (nSPS) is 10.1. The van der Waals surface area contributed by atoms with Gasteiger partial charge in [0.2, 0.25) is 0 Å². The Hall–Kier alpha value is -2.34. The van der Waals surface area contributed by atoms with Crippen LogP contribution in [0.25, 0.3) is 0 Å². The Morgan fingerprint density at radius 3 is 2.86 bits per heavy atom. The minimum Gasteiger partial charge on any atom is -0.495 e. The van der Waals surface area contributed by atoms with Crippen molar-refractivity contribution in [3.8, 4) is 5.75 Å². The maximum Gasteiger partial charge on any atom is 0.274 e. The van der Waals surface area contributed by atoms with E-state index in [9.17, 15) is 4.79 Å². The van der Waals surface area contributed by atoms with E-state index in [1.807, 2.05) is 6.92 Å². The number of anilines is 2. The molecule has 0 unspecified atom stereocenters. The minimum absolute atomic E-state index is 0.260. The Balaban J connectivity index is 2.17. The summed E-state index contributed by atoms with van der Waals surface area (Å²) in [6.45, 7) is 2.83. The largest absolute Gasteiger partial charge is 0.495 e. The lowest BCUT2D eigenvalue weighted by Crippen LogP contribution is -2.15. The lowest BCUT2D eigenvalue weighted by atomic mass is 10.2. The summed E-state index contributed by atoms with van der Waals surface area (Å²) in [4.78, 5) is 20.3. The molecule has 0 atom stereocenters. The van der Waals surface area contributed by atoms with Crippen molar-refractivity contribution in [1.29, 1.82) is 0 Å². The zero-order valence-electron chi connectivity index (χ0n) is 12.4. The number of nitrogens with one attached hydrogen (secondary N) is 2. The first-order chi connectivity index (χ1) is 10.6. The lowest BCUT2D eigenvalue weighted by Gasteiger charge is -2.10. The Morgan fingerprint density at radius 2 is 2.14 bits per heavy atom. The van der Waals surface area contributed by atoms with E-state index in [1.165, 1.54) is 13.4 Å². The molecule has 0 bridgehead atoms. The van der Waals surface area contributed by atoms with Gasteiger partial charge in [0.25, 0.3) is 5.91 Å². The molecule has 7 heteroatoms. The molecule has 0 saturated heterocycles. The fourth-order valence-corrected chi connectivity index (χ4v) is 1.97. The molecule has 1 aromatic carbocycles. The number of hydrogen-bond donors (Lipinski definition) is 2. The Labute approximate surface area is 133 Å². The SMILES string of the molecule is CCCNc1cc(C(=O)Nc2cc(Cl)ccc2OC)ncn1. The molecular formula is C15H17ClN4O2. The Morgan fingerprint density at radius 1 is 1.32 bits per heavy atom. The van der Waals surface area contributed by atoms with E-state index in [2.05, 4.69) is 20.6 Å². The Kier molecular flexibility index (Phi) is 5.55. The number of ether oxygens (including phenoxy) is 1. The summed E-state index contributed by atoms with van der Waals surface area (Å²) in [5.74, 6) is 0.777. The third-order valence-corrected chi connectivity index (χ3v) is 3.10. The van der Waals surface area contributed by atoms with E-state index in [0.29, 0.717) is 22.3 Å². The van der Waals surface area contributed by atoms with Gasteiger partial charge in [-0.25, -0.2) is 9.97 Å². The van der Waals surface area contributed by atoms with Crippen LogP contribution < -0.4 is 15.4 Å². The highest BCUT2D eigenvalue weighted by atomic mass is 35.5. The topological polar surface area (TPSA) is 76.1 Å². The Bertz CT molecular complexity index is 664. The summed E-state index contributed by atoms with van der Waals surface area (Å²) in [5.41, 5.74) is 0.748. The van der Waals surface area contributed by atoms with Crippen molar-refractivity contribution < 1.29 is 9.53 Å². The van der Waals surface area contributed by atoms with Gasteiger partial charge in [-0.05, 0) is 24.6 Å². The van der Waals surface area contributed by atoms with E-state index in [4.69, 9.17) is 16.3 Å². The molecule has 2 N–H and O–H groups in total. The van der Waals surface area contributed by atoms with E-state index < -0.39 is 0 Å². The summed E-state index contributed by atoms with van der Waals surface area (Å²) in [5, 5.41) is 6.35. The second-order valence-electron chi connectivity index (χ2n) is 4.51. The number of nitrogens with zero attached hydrogens (tertiary/aromatic N) is 2. The molecule has 22 heavy (non-hydrogen) atoms. The number of methoxy groups -OCH3 is 1. The first-order valence-corrected chi connectivity index (χ1v) is 7.22. The van der Waals surface area contributed by atoms with Crippen LogP contribution in [0.15, 0.2) is 30.6 Å². The molecule has 2 aromatic rings. The maximum absolute atomic E-state index is 12.3. The molecule has 2 rings (SSSR count). The molecular weight excluding hydrogens is 304 g/mol. The first-order valence-electron chi connectivity index (χ1n) is 6.85. The number of halogens is 1. The lowest BCUT2D eigenvalue weighted by molar-refractivity contribution is 0.102. The first kappa shape index (κ1) is 16.0. The number of carbonyl (C=O) groups excluding carboxylic acids is 1. The van der Waals surface area contributed by atoms with Gasteiger partial charge >= 0.3 is 0 Å². The molecule has 6 nitrogen and oxygen atoms in total. The summed E-state index contributed by atoms with van der Waals surface area (Å²) in [6, 6.07) is 6.59. The van der Waals surface area contributed by atoms with Gasteiger partial charge in [0, 0.05) is 17.6 Å². The summed E-state index contributed by atoms with van der Waals surface area (Å²) < 4.78 is 5.20. The highest BCUT2D eigenvalue weighted by molar-refractivity contribution is 6.31. The fourth-order valence-electron chi connectivity index (χ4n) is 1.80. The van der Waals surface area contributed by atoms with Gasteiger partial charge < -0.3 is 15.4 Å². The highest BCUT2D eigenvalue weighted by Gasteiger charge is 2.12. The third kappa shape index (κ3) is 4.08. The molecule has 0 aliphatic rings. The summed E-state index contributed by atoms with van der Waals surface area (Å²) in [7, 11) is 1.52. The molecule has 1 aromatic heterocycles. The van der Waals surface area contributed by atoms with E-state index in [0.717, 1.165) is 13.0 Å². The second kappa shape index (κ2) is 7.61. The number of aromatic nitrogens is 2. The summed E-state index contributed by atoms with van der Waals surface area (Å²) >= 11 is 5.94. The van der Waals surface area contributed by atoms with Gasteiger partial charge in [0.15, 0.2) is 0 Å². The highest BCUT2D eigenvalue weighted by Crippen LogP contribution is 2.28. The minimum atomic E-state index is -0.359. The zero-order chi connectivity index (χ0) is 15.9. The van der Waals surface area contributed by atoms with Crippen molar-refractivity contribution in [3.63, 3.8) is 0 Å². The van der Waals surface area contributed by atoms with Crippen LogP contribution in [-0.2, 0) is 0 Å². The van der Waals surface area contributed by atoms with Crippen LogP contribution in [-0.4, -0.2) is 29.5 Å². The number of rotatable bonds is 6. The van der Waals surface area contributed by atoms with Crippen LogP contribution >= 0.6 is 11.6 Å². The predicted octanol–water partition coefficient (Wildman–Crippen LogP) is 3.21. The average molecular weight is 321 g/mol. The molecule has 0 saturated carbocycles. The quantitative estimate of drug-likeness (QED) is 0.854. The molecule has 0 fully saturated rings. The average Bonchev–Trinajstić information content (AvgIpc) is 2.53. The number of amides is 1. The van der Waals surface area contributed by atoms with E-state index in [1.54, 1.807) is 24.3 Å². The maximum atomic E-state index is 12.3. The van der Waals surface area contributed by atoms with Crippen LogP contribution in [0.4, 0.5) is 11.5 Å². The summed E-state index contributed by atoms with van der Waals surface area (Å²) in [6.07, 6.45) is 2.31. The van der Waals surface area contributed by atoms with Gasteiger partial charge in [-0.3, -0.25) is 4.79 Å². The smallest absolute Gasteiger partial charge is 0.274 e. The third-order valence-electron chi connectivity index (χ3n) is 2.87. The number of benzene rings is 1. The van der Waals surface area contributed by atoms with Gasteiger partial charge in [-0.2, -0.15) is 0 Å². The second-order valence-corrected chi connectivity index (χ2v) is 4.95. The van der Waals surface area contributed by atoms with Crippen LogP contribution in [0.1, 0.15) is 23.8 Å². The number of carbonyl (C=O) groups is 1. The van der Waals surface area contributed by atoms with E-state index >= 15 is 0 Å². The van der Waals surface area contributed by atoms with E-state index in [-0.39, 0.29) is 11.6 Å². The molecule has 0 radical (unpaired) electrons. The number of hydrogen-bond acceptors (Lipinski definition) is 5. The van der Waals surface area contributed by atoms with Gasteiger partial charge in [-0.1, -0.05) is 18.5 Å². The molecule has 1 amide bonds. The van der Waals surface area contributed by atoms with Gasteiger partial charge in [0.05, 0.1) is 12.8 Å². The van der Waals surface area contributed by atoms with Crippen LogP contribution in [0.5, 0.6) is 5.75 Å². The fraction of sp³-hybridized carbons (Fsp3) is 0.267. The van der Waals surface area contributed by atoms with Crippen molar-refractivity contribution in [1.82, 2.24) is 9.97 Å². The van der Waals surface area contributed by atoms with Crippen molar-refractivity contribution in [2.45, 2.75) is 13.3 Å². The predicted molar refractivity (Wildman–Crippen MR) is 86.8 cm³/mol. The van der Waals surface area contributed by atoms with Crippen molar-refractivity contribution >= 4 is 29.0 Å². The molecule has 0 spiro atoms. The molecule has 116 valence electrons.